The van der Waals surface area contributed by atoms with E-state index >= 15 is 0 Å². The molecule has 0 aliphatic carbocycles. The summed E-state index contributed by atoms with van der Waals surface area (Å²) in [4.78, 5) is 67.9. The quantitative estimate of drug-likeness (QED) is 0.146. The number of methoxy groups -OCH3 is 1. The number of carbonyl (C=O) groups excluding carboxylic acids is 4. The molecule has 8 rings (SSSR count). The number of carbonyl (C=O) groups is 4. The summed E-state index contributed by atoms with van der Waals surface area (Å²) in [6.45, 7) is 16.9. The lowest BCUT2D eigenvalue weighted by atomic mass is 9.84. The second-order valence-electron chi connectivity index (χ2n) is 21.5. The summed E-state index contributed by atoms with van der Waals surface area (Å²) in [6, 6.07) is 16.6. The SMILES string of the molecule is CCn1c(-c2cccnc2C(C)OC)c2c3cc(ccc31)-c1cccc(c1)CC(NC(=O)C(C(C)C)N(C)C(=O)C1CCN(S(=O)(=O)/C=C/CN3CCOCC3)C1)C(=O)N1CCCC(C1)C(=O)OCC(C)(C)C2. The van der Waals surface area contributed by atoms with Gasteiger partial charge in [-0.2, -0.15) is 4.31 Å². The molecule has 4 aliphatic rings. The molecule has 6 heterocycles. The Labute approximate surface area is 431 Å². The maximum absolute atomic E-state index is 14.9. The van der Waals surface area contributed by atoms with Crippen molar-refractivity contribution in [1.82, 2.24) is 33.9 Å². The van der Waals surface area contributed by atoms with E-state index in [4.69, 9.17) is 19.2 Å². The third-order valence-corrected chi connectivity index (χ3v) is 16.8. The summed E-state index contributed by atoms with van der Waals surface area (Å²) >= 11 is 0. The topological polar surface area (TPSA) is 173 Å². The predicted molar refractivity (Wildman–Crippen MR) is 281 cm³/mol. The van der Waals surface area contributed by atoms with Crippen molar-refractivity contribution in [2.75, 3.05) is 79.8 Å². The van der Waals surface area contributed by atoms with Crippen LogP contribution in [0, 0.1) is 23.2 Å². The number of pyridine rings is 1. The lowest BCUT2D eigenvalue weighted by Gasteiger charge is -2.36. The number of morpholine rings is 1. The number of esters is 1. The molecule has 0 saturated carbocycles. The number of rotatable bonds is 13. The minimum atomic E-state index is -3.77. The van der Waals surface area contributed by atoms with Gasteiger partial charge in [-0.15, -0.1) is 0 Å². The number of fused-ring (bicyclic) bond motifs is 6. The number of nitrogens with one attached hydrogen (secondary N) is 1. The molecule has 3 amide bonds. The highest BCUT2D eigenvalue weighted by atomic mass is 32.2. The maximum atomic E-state index is 14.9. The van der Waals surface area contributed by atoms with Crippen molar-refractivity contribution in [2.45, 2.75) is 98.4 Å². The van der Waals surface area contributed by atoms with Crippen LogP contribution in [0.1, 0.15) is 83.7 Å². The molecule has 5 unspecified atom stereocenters. The summed E-state index contributed by atoms with van der Waals surface area (Å²) < 4.78 is 47.8. The van der Waals surface area contributed by atoms with Crippen LogP contribution in [-0.2, 0) is 62.8 Å². The Morgan fingerprint density at radius 1 is 0.986 bits per heavy atom. The van der Waals surface area contributed by atoms with Crippen LogP contribution in [0.4, 0.5) is 0 Å². The Bertz CT molecular complexity index is 2800. The molecule has 1 N–H and O–H groups in total. The second kappa shape index (κ2) is 23.0. The molecule has 73 heavy (non-hydrogen) atoms. The van der Waals surface area contributed by atoms with E-state index < -0.39 is 45.3 Å². The summed E-state index contributed by atoms with van der Waals surface area (Å²) in [6.07, 6.45) is 5.40. The number of ether oxygens (including phenoxy) is 3. The minimum absolute atomic E-state index is 0.00624. The predicted octanol–water partition coefficient (Wildman–Crippen LogP) is 6.47. The van der Waals surface area contributed by atoms with Gasteiger partial charge in [-0.1, -0.05) is 64.1 Å². The lowest BCUT2D eigenvalue weighted by Crippen LogP contribution is -2.58. The van der Waals surface area contributed by atoms with E-state index in [2.05, 4.69) is 72.0 Å². The van der Waals surface area contributed by atoms with E-state index in [1.807, 2.05) is 39.0 Å². The second-order valence-corrected chi connectivity index (χ2v) is 23.3. The first-order chi connectivity index (χ1) is 34.9. The van der Waals surface area contributed by atoms with Crippen LogP contribution in [0.25, 0.3) is 33.3 Å². The molecule has 394 valence electrons. The Balaban J connectivity index is 1.10. The lowest BCUT2D eigenvalue weighted by molar-refractivity contribution is -0.155. The molecule has 16 nitrogen and oxygen atoms in total. The number of amides is 3. The van der Waals surface area contributed by atoms with Gasteiger partial charge < -0.3 is 33.9 Å². The Hall–Kier alpha value is -5.46. The van der Waals surface area contributed by atoms with Gasteiger partial charge in [0.2, 0.25) is 27.7 Å². The fraction of sp³-hybridized carbons (Fsp3) is 0.554. The number of aryl methyl sites for hydroxylation is 1. The zero-order chi connectivity index (χ0) is 52.2. The molecule has 0 radical (unpaired) electrons. The molecule has 5 atom stereocenters. The third kappa shape index (κ3) is 12.1. The van der Waals surface area contributed by atoms with E-state index in [9.17, 15) is 27.6 Å². The molecule has 4 aliphatic heterocycles. The number of nitrogens with zero attached hydrogens (tertiary/aromatic N) is 6. The average Bonchev–Trinajstić information content (AvgIpc) is 4.01. The van der Waals surface area contributed by atoms with Crippen LogP contribution in [0.15, 0.2) is 72.3 Å². The van der Waals surface area contributed by atoms with E-state index in [1.165, 1.54) is 14.6 Å². The number of sulfonamides is 1. The van der Waals surface area contributed by atoms with Gasteiger partial charge in [-0.3, -0.25) is 29.1 Å². The van der Waals surface area contributed by atoms with Gasteiger partial charge >= 0.3 is 5.97 Å². The highest BCUT2D eigenvalue weighted by Crippen LogP contribution is 2.42. The van der Waals surface area contributed by atoms with Gasteiger partial charge in [0.1, 0.15) is 12.1 Å². The van der Waals surface area contributed by atoms with Crippen LogP contribution >= 0.6 is 0 Å². The van der Waals surface area contributed by atoms with Gasteiger partial charge in [0, 0.05) is 106 Å². The molecule has 2 aromatic heterocycles. The zero-order valence-corrected chi connectivity index (χ0v) is 44.8. The van der Waals surface area contributed by atoms with Crippen LogP contribution in [0.2, 0.25) is 0 Å². The fourth-order valence-corrected chi connectivity index (χ4v) is 12.5. The Kier molecular flexibility index (Phi) is 16.9. The van der Waals surface area contributed by atoms with E-state index in [1.54, 1.807) is 31.3 Å². The van der Waals surface area contributed by atoms with Gasteiger partial charge in [-0.05, 0) is 92.0 Å². The van der Waals surface area contributed by atoms with Gasteiger partial charge in [-0.25, -0.2) is 8.42 Å². The molecule has 2 aromatic carbocycles. The number of hydrogen-bond donors (Lipinski definition) is 1. The van der Waals surface area contributed by atoms with Crippen molar-refractivity contribution in [3.8, 4) is 22.4 Å². The van der Waals surface area contributed by atoms with Crippen LogP contribution in [0.3, 0.4) is 0 Å². The molecule has 3 fully saturated rings. The number of hydrogen-bond acceptors (Lipinski definition) is 11. The van der Waals surface area contributed by atoms with E-state index in [0.717, 1.165) is 63.2 Å². The minimum Gasteiger partial charge on any atom is -0.465 e. The average molecular weight is 1020 g/mol. The van der Waals surface area contributed by atoms with Gasteiger partial charge in [0.15, 0.2) is 0 Å². The highest BCUT2D eigenvalue weighted by Gasteiger charge is 2.41. The van der Waals surface area contributed by atoms with Crippen molar-refractivity contribution in [1.29, 1.82) is 0 Å². The van der Waals surface area contributed by atoms with Crippen molar-refractivity contribution >= 4 is 44.6 Å². The van der Waals surface area contributed by atoms with E-state index in [0.29, 0.717) is 58.5 Å². The summed E-state index contributed by atoms with van der Waals surface area (Å²) in [5.74, 6) is -3.05. The van der Waals surface area contributed by atoms with Crippen LogP contribution < -0.4 is 5.32 Å². The van der Waals surface area contributed by atoms with Crippen LogP contribution in [0.5, 0.6) is 0 Å². The van der Waals surface area contributed by atoms with E-state index in [-0.39, 0.29) is 62.5 Å². The normalized spacial score (nSPS) is 22.3. The Morgan fingerprint density at radius 3 is 2.49 bits per heavy atom. The highest BCUT2D eigenvalue weighted by molar-refractivity contribution is 7.92. The van der Waals surface area contributed by atoms with Crippen LogP contribution in [-0.4, -0.2) is 153 Å². The molecule has 17 heteroatoms. The maximum Gasteiger partial charge on any atom is 0.310 e. The third-order valence-electron chi connectivity index (χ3n) is 15.2. The summed E-state index contributed by atoms with van der Waals surface area (Å²) in [5.41, 5.74) is 7.31. The number of piperidine rings is 1. The van der Waals surface area contributed by atoms with Crippen molar-refractivity contribution in [3.05, 3.63) is 89.1 Å². The number of cyclic esters (lactones) is 1. The molecule has 0 spiro atoms. The first-order valence-corrected chi connectivity index (χ1v) is 27.6. The Morgan fingerprint density at radius 2 is 1.75 bits per heavy atom. The monoisotopic (exact) mass is 1020 g/mol. The molecule has 4 aromatic rings. The molecular formula is C56H75N7O9S. The first kappa shape index (κ1) is 53.8. The molecule has 6 bridgehead atoms. The number of benzene rings is 2. The summed E-state index contributed by atoms with van der Waals surface area (Å²) in [5, 5.41) is 5.39. The number of likely N-dealkylation sites (N-methyl/N-ethyl adjacent to an activating group) is 1. The molecule has 3 saturated heterocycles. The smallest absolute Gasteiger partial charge is 0.310 e. The molecular weight excluding hydrogens is 947 g/mol. The van der Waals surface area contributed by atoms with Crippen molar-refractivity contribution in [2.24, 2.45) is 23.2 Å². The first-order valence-electron chi connectivity index (χ1n) is 26.1. The fourth-order valence-electron chi connectivity index (χ4n) is 11.2. The van der Waals surface area contributed by atoms with Gasteiger partial charge in [0.25, 0.3) is 0 Å². The van der Waals surface area contributed by atoms with Crippen molar-refractivity contribution < 1.29 is 41.8 Å². The zero-order valence-electron chi connectivity index (χ0n) is 44.0. The number of aromatic nitrogens is 2. The van der Waals surface area contributed by atoms with Gasteiger partial charge in [0.05, 0.1) is 49.1 Å². The summed E-state index contributed by atoms with van der Waals surface area (Å²) in [7, 11) is -0.499. The van der Waals surface area contributed by atoms with Crippen molar-refractivity contribution in [3.63, 3.8) is 0 Å². The largest absolute Gasteiger partial charge is 0.465 e. The standard InChI is InChI=1S/C56H75N7O9S/c1-9-63-48-19-18-41-32-45(48)46(51(63)44-17-11-21-57-49(44)38(4)70-8)33-56(5,6)36-72-55(67)43-16-12-23-61(34-43)54(66)47(31-39-14-10-15-40(41)30-39)58-52(64)50(37(2)3)59(7)53(65)42-20-24-62(35-42)73(68,69)29-13-22-60-25-27-71-28-26-60/h10-11,13-15,17-19,21,29-30,32,37-38,42-43,47,50H,9,12,16,20,22-28,31,33-36H2,1-8H3,(H,58,64)/b29-13+.